The van der Waals surface area contributed by atoms with Gasteiger partial charge in [-0.05, 0) is 75.8 Å². The first-order valence-corrected chi connectivity index (χ1v) is 17.8. The maximum atomic E-state index is 13.1. The first-order valence-electron chi connectivity index (χ1n) is 17.8. The predicted molar refractivity (Wildman–Crippen MR) is 185 cm³/mol. The standard InChI is InChI=1S/C37H50N6O6/c1-5-25-15-19-43(33(25)34(45)24(2)3)32(44)22-40-36(47)49-37(4)16-9-11-26(37)10-7-6-8-12-30-35(46)42-31-20-28(13-14-29(31)41-30)48-23-27-21-38-17-18-39-27/h13-14,17-18,20-21,24-26,33H,5-12,15-16,19,22-23H2,1-4H3,(H,40,47)(H,42,46). The number of benzene rings is 1. The minimum absolute atomic E-state index is 0.0814. The molecule has 1 saturated carbocycles. The number of nitrogens with zero attached hydrogens (tertiary/aromatic N) is 4. The van der Waals surface area contributed by atoms with Crippen LogP contribution in [0.15, 0.2) is 41.6 Å². The van der Waals surface area contributed by atoms with Gasteiger partial charge in [0.2, 0.25) is 5.91 Å². The number of Topliss-reactive ketones (excluding diaryl/α,β-unsaturated/α-hetero) is 1. The number of aromatic amines is 1. The van der Waals surface area contributed by atoms with Crippen molar-refractivity contribution < 1.29 is 23.9 Å². The Morgan fingerprint density at radius 3 is 2.73 bits per heavy atom. The molecular formula is C37H50N6O6. The molecule has 49 heavy (non-hydrogen) atoms. The van der Waals surface area contributed by atoms with Crippen molar-refractivity contribution in [2.75, 3.05) is 13.1 Å². The Balaban J connectivity index is 1.05. The molecule has 0 bridgehead atoms. The van der Waals surface area contributed by atoms with E-state index in [4.69, 9.17) is 9.47 Å². The van der Waals surface area contributed by atoms with E-state index >= 15 is 0 Å². The number of carbonyl (C=O) groups excluding carboxylic acids is 3. The summed E-state index contributed by atoms with van der Waals surface area (Å²) in [6.07, 6.45) is 12.8. The fraction of sp³-hybridized carbons (Fsp3) is 0.595. The zero-order valence-corrected chi connectivity index (χ0v) is 29.2. The molecular weight excluding hydrogens is 624 g/mol. The molecule has 1 saturated heterocycles. The van der Waals surface area contributed by atoms with E-state index in [1.54, 1.807) is 29.6 Å². The zero-order valence-electron chi connectivity index (χ0n) is 29.2. The number of unbranched alkanes of at least 4 members (excludes halogenated alkanes) is 2. The van der Waals surface area contributed by atoms with Crippen LogP contribution in [-0.2, 0) is 27.4 Å². The lowest BCUT2D eigenvalue weighted by Gasteiger charge is -2.32. The molecule has 2 aromatic heterocycles. The van der Waals surface area contributed by atoms with Gasteiger partial charge < -0.3 is 24.7 Å². The molecule has 3 aromatic rings. The van der Waals surface area contributed by atoms with Crippen LogP contribution in [0.25, 0.3) is 11.0 Å². The second kappa shape index (κ2) is 16.4. The van der Waals surface area contributed by atoms with E-state index in [-0.39, 0.29) is 48.2 Å². The van der Waals surface area contributed by atoms with Crippen LogP contribution in [-0.4, -0.2) is 67.4 Å². The van der Waals surface area contributed by atoms with Gasteiger partial charge in [-0.25, -0.2) is 9.78 Å². The fourth-order valence-electron chi connectivity index (χ4n) is 7.37. The molecule has 2 amide bonds. The molecule has 2 N–H and O–H groups in total. The molecule has 12 heteroatoms. The van der Waals surface area contributed by atoms with Gasteiger partial charge >= 0.3 is 6.09 Å². The molecule has 0 spiro atoms. The normalized spacial score (nSPS) is 22.1. The number of hydrogen-bond donors (Lipinski definition) is 2. The van der Waals surface area contributed by atoms with Crippen LogP contribution in [0.5, 0.6) is 5.75 Å². The summed E-state index contributed by atoms with van der Waals surface area (Å²) in [6.45, 7) is 8.39. The summed E-state index contributed by atoms with van der Waals surface area (Å²) in [5.41, 5.74) is 1.75. The first kappa shape index (κ1) is 35.9. The lowest BCUT2D eigenvalue weighted by molar-refractivity contribution is -0.139. The van der Waals surface area contributed by atoms with Crippen LogP contribution in [0.2, 0.25) is 0 Å². The van der Waals surface area contributed by atoms with Crippen molar-refractivity contribution in [3.63, 3.8) is 0 Å². The summed E-state index contributed by atoms with van der Waals surface area (Å²) >= 11 is 0. The molecule has 2 aliphatic rings. The number of H-pyrrole nitrogens is 1. The van der Waals surface area contributed by atoms with Crippen molar-refractivity contribution in [3.8, 4) is 5.75 Å². The lowest BCUT2D eigenvalue weighted by atomic mass is 9.87. The van der Waals surface area contributed by atoms with E-state index in [9.17, 15) is 19.2 Å². The van der Waals surface area contributed by atoms with E-state index < -0.39 is 17.7 Å². The Kier molecular flexibility index (Phi) is 12.0. The molecule has 0 radical (unpaired) electrons. The van der Waals surface area contributed by atoms with Crippen LogP contribution in [0.4, 0.5) is 4.79 Å². The summed E-state index contributed by atoms with van der Waals surface area (Å²) in [5.74, 6) is 0.673. The lowest BCUT2D eigenvalue weighted by Crippen LogP contribution is -2.49. The maximum Gasteiger partial charge on any atom is 0.408 e. The SMILES string of the molecule is CCC1CCN(C(=O)CNC(=O)OC2(C)CCCC2CCCCCc2nc3ccc(OCc4cnccn4)cc3[nH]c2=O)C1C(=O)C(C)C. The first-order chi connectivity index (χ1) is 23.6. The summed E-state index contributed by atoms with van der Waals surface area (Å²) in [6, 6.07) is 5.01. The molecule has 4 atom stereocenters. The highest BCUT2D eigenvalue weighted by molar-refractivity contribution is 5.92. The molecule has 4 unspecified atom stereocenters. The van der Waals surface area contributed by atoms with Crippen LogP contribution < -0.4 is 15.6 Å². The molecule has 2 fully saturated rings. The number of ether oxygens (including phenoxy) is 2. The number of carbonyl (C=O) groups is 3. The number of ketones is 1. The third-order valence-corrected chi connectivity index (χ3v) is 10.2. The highest BCUT2D eigenvalue weighted by Gasteiger charge is 2.43. The van der Waals surface area contributed by atoms with E-state index in [0.717, 1.165) is 57.8 Å². The Hall–Kier alpha value is -4.35. The molecule has 12 nitrogen and oxygen atoms in total. The molecule has 1 aromatic carbocycles. The quantitative estimate of drug-likeness (QED) is 0.198. The van der Waals surface area contributed by atoms with Crippen LogP contribution in [0, 0.1) is 17.8 Å². The van der Waals surface area contributed by atoms with E-state index in [2.05, 4.69) is 25.3 Å². The fourth-order valence-corrected chi connectivity index (χ4v) is 7.37. The number of alkyl carbamates (subject to hydrolysis) is 1. The second-order valence-electron chi connectivity index (χ2n) is 14.0. The van der Waals surface area contributed by atoms with Gasteiger partial charge in [-0.15, -0.1) is 0 Å². The molecule has 5 rings (SSSR count). The Labute approximate surface area is 287 Å². The number of likely N-dealkylation sites (tertiary alicyclic amines) is 1. The van der Waals surface area contributed by atoms with Crippen LogP contribution >= 0.6 is 0 Å². The monoisotopic (exact) mass is 674 g/mol. The largest absolute Gasteiger partial charge is 0.487 e. The minimum atomic E-state index is -0.599. The highest BCUT2D eigenvalue weighted by atomic mass is 16.6. The maximum absolute atomic E-state index is 13.1. The van der Waals surface area contributed by atoms with Crippen molar-refractivity contribution in [1.82, 2.24) is 30.2 Å². The van der Waals surface area contributed by atoms with E-state index in [1.165, 1.54) is 0 Å². The predicted octanol–water partition coefficient (Wildman–Crippen LogP) is 5.53. The Morgan fingerprint density at radius 2 is 1.98 bits per heavy atom. The molecule has 1 aliphatic carbocycles. The third-order valence-electron chi connectivity index (χ3n) is 10.2. The van der Waals surface area contributed by atoms with Gasteiger partial charge in [0.1, 0.15) is 30.2 Å². The van der Waals surface area contributed by atoms with Gasteiger partial charge in [0.25, 0.3) is 5.56 Å². The number of hydrogen-bond acceptors (Lipinski definition) is 9. The number of aromatic nitrogens is 4. The number of aryl methyl sites for hydroxylation is 1. The van der Waals surface area contributed by atoms with Crippen molar-refractivity contribution in [1.29, 1.82) is 0 Å². The van der Waals surface area contributed by atoms with Crippen molar-refractivity contribution in [2.24, 2.45) is 17.8 Å². The smallest absolute Gasteiger partial charge is 0.408 e. The number of fused-ring (bicyclic) bond motifs is 1. The average Bonchev–Trinajstić information content (AvgIpc) is 3.69. The summed E-state index contributed by atoms with van der Waals surface area (Å²) in [4.78, 5) is 69.0. The van der Waals surface area contributed by atoms with E-state index in [0.29, 0.717) is 41.1 Å². The van der Waals surface area contributed by atoms with Gasteiger partial charge in [0.05, 0.1) is 29.0 Å². The average molecular weight is 675 g/mol. The summed E-state index contributed by atoms with van der Waals surface area (Å²) in [5, 5.41) is 2.67. The second-order valence-corrected chi connectivity index (χ2v) is 14.0. The topological polar surface area (TPSA) is 156 Å². The Bertz CT molecular complexity index is 1660. The van der Waals surface area contributed by atoms with Gasteiger partial charge in [0.15, 0.2) is 5.78 Å². The van der Waals surface area contributed by atoms with E-state index in [1.807, 2.05) is 39.8 Å². The third kappa shape index (κ3) is 9.01. The number of nitrogens with one attached hydrogen (secondary N) is 2. The van der Waals surface area contributed by atoms with Crippen molar-refractivity contribution in [3.05, 3.63) is 58.5 Å². The highest BCUT2D eigenvalue weighted by Crippen LogP contribution is 2.41. The van der Waals surface area contributed by atoms with Gasteiger partial charge in [0, 0.05) is 30.9 Å². The van der Waals surface area contributed by atoms with Crippen molar-refractivity contribution in [2.45, 2.75) is 110 Å². The van der Waals surface area contributed by atoms with Gasteiger partial charge in [-0.1, -0.05) is 40.0 Å². The van der Waals surface area contributed by atoms with Crippen LogP contribution in [0.3, 0.4) is 0 Å². The Morgan fingerprint density at radius 1 is 1.14 bits per heavy atom. The minimum Gasteiger partial charge on any atom is -0.487 e. The van der Waals surface area contributed by atoms with Crippen molar-refractivity contribution >= 4 is 28.8 Å². The number of rotatable bonds is 15. The summed E-state index contributed by atoms with van der Waals surface area (Å²) in [7, 11) is 0. The summed E-state index contributed by atoms with van der Waals surface area (Å²) < 4.78 is 11.7. The van der Waals surface area contributed by atoms with Gasteiger partial charge in [-0.2, -0.15) is 0 Å². The van der Waals surface area contributed by atoms with Crippen LogP contribution in [0.1, 0.15) is 96.9 Å². The molecule has 264 valence electrons. The zero-order chi connectivity index (χ0) is 35.0. The number of amides is 2. The molecule has 1 aliphatic heterocycles. The van der Waals surface area contributed by atoms with Gasteiger partial charge in [-0.3, -0.25) is 24.4 Å². The molecule has 3 heterocycles.